The van der Waals surface area contributed by atoms with E-state index in [1.807, 2.05) is 6.07 Å². The van der Waals surface area contributed by atoms with Crippen molar-refractivity contribution in [2.45, 2.75) is 20.0 Å². The summed E-state index contributed by atoms with van der Waals surface area (Å²) in [6.45, 7) is 3.87. The average molecular weight is 248 g/mol. The molecule has 1 unspecified atom stereocenters. The van der Waals surface area contributed by atoms with Crippen LogP contribution in [-0.2, 0) is 9.53 Å². The maximum atomic E-state index is 11.0. The molecule has 0 radical (unpaired) electrons. The van der Waals surface area contributed by atoms with E-state index < -0.39 is 11.0 Å². The van der Waals surface area contributed by atoms with Crippen LogP contribution in [0.5, 0.6) is 0 Å². The van der Waals surface area contributed by atoms with Crippen LogP contribution in [0, 0.1) is 17.0 Å². The van der Waals surface area contributed by atoms with E-state index in [4.69, 9.17) is 4.74 Å². The zero-order chi connectivity index (χ0) is 13.3. The van der Waals surface area contributed by atoms with Crippen molar-refractivity contribution in [1.29, 1.82) is 0 Å². The summed E-state index contributed by atoms with van der Waals surface area (Å²) in [6, 6.07) is 3.34. The Bertz CT molecular complexity index is 618. The topological polar surface area (TPSA) is 85.2 Å². The Labute approximate surface area is 103 Å². The molecule has 0 saturated heterocycles. The number of carbonyl (C=O) groups is 1. The molecule has 0 amide bonds. The molecule has 6 heteroatoms. The highest BCUT2D eigenvalue weighted by molar-refractivity contribution is 5.91. The standard InChI is InChI=1S/C12H12N2O4/c1-7-3-9-10(8(2)18-6-15)5-13-12(9)11(4-7)14(16)17/h3-6,8,13H,1-2H3. The molecule has 1 aromatic carbocycles. The van der Waals surface area contributed by atoms with Gasteiger partial charge in [0, 0.05) is 23.2 Å². The van der Waals surface area contributed by atoms with Crippen LogP contribution in [-0.4, -0.2) is 16.4 Å². The average Bonchev–Trinajstić information content (AvgIpc) is 2.71. The number of nitrogens with zero attached hydrogens (tertiary/aromatic N) is 1. The number of benzene rings is 1. The van der Waals surface area contributed by atoms with Crippen molar-refractivity contribution >= 4 is 23.1 Å². The number of aromatic amines is 1. The maximum Gasteiger partial charge on any atom is 0.293 e. The zero-order valence-corrected chi connectivity index (χ0v) is 9.97. The fourth-order valence-corrected chi connectivity index (χ4v) is 2.01. The molecule has 1 N–H and O–H groups in total. The molecule has 0 aliphatic rings. The SMILES string of the molecule is Cc1cc([N+](=O)[O-])c2[nH]cc(C(C)OC=O)c2c1. The molecule has 0 spiro atoms. The quantitative estimate of drug-likeness (QED) is 0.512. The first-order chi connectivity index (χ1) is 8.54. The van der Waals surface area contributed by atoms with E-state index in [-0.39, 0.29) is 5.69 Å². The Balaban J connectivity index is 2.66. The maximum absolute atomic E-state index is 11.0. The summed E-state index contributed by atoms with van der Waals surface area (Å²) in [4.78, 5) is 23.8. The number of ether oxygens (including phenoxy) is 1. The Hall–Kier alpha value is -2.37. The number of aromatic nitrogens is 1. The van der Waals surface area contributed by atoms with Gasteiger partial charge in [-0.25, -0.2) is 0 Å². The van der Waals surface area contributed by atoms with Gasteiger partial charge in [0.05, 0.1) is 4.92 Å². The van der Waals surface area contributed by atoms with E-state index in [0.717, 1.165) is 11.1 Å². The summed E-state index contributed by atoms with van der Waals surface area (Å²) >= 11 is 0. The predicted molar refractivity (Wildman–Crippen MR) is 65.3 cm³/mol. The molecule has 2 rings (SSSR count). The van der Waals surface area contributed by atoms with Crippen LogP contribution < -0.4 is 0 Å². The lowest BCUT2D eigenvalue weighted by Gasteiger charge is -2.08. The number of rotatable bonds is 4. The minimum atomic E-state index is -0.447. The molecule has 1 aromatic heterocycles. The summed E-state index contributed by atoms with van der Waals surface area (Å²) < 4.78 is 4.86. The first kappa shape index (κ1) is 12.1. The largest absolute Gasteiger partial charge is 0.460 e. The van der Waals surface area contributed by atoms with E-state index in [1.165, 1.54) is 6.07 Å². The highest BCUT2D eigenvalue weighted by Crippen LogP contribution is 2.32. The van der Waals surface area contributed by atoms with Crippen LogP contribution in [0.25, 0.3) is 10.9 Å². The number of hydrogen-bond donors (Lipinski definition) is 1. The molecule has 0 aliphatic carbocycles. The van der Waals surface area contributed by atoms with Crippen LogP contribution in [0.2, 0.25) is 0 Å². The number of nitro groups is 1. The number of non-ortho nitro benzene ring substituents is 1. The second-order valence-electron chi connectivity index (χ2n) is 4.08. The number of H-pyrrole nitrogens is 1. The van der Waals surface area contributed by atoms with Crippen LogP contribution >= 0.6 is 0 Å². The molecule has 2 aromatic rings. The number of carbonyl (C=O) groups excluding carboxylic acids is 1. The van der Waals surface area contributed by atoms with E-state index in [9.17, 15) is 14.9 Å². The molecular formula is C12H12N2O4. The Morgan fingerprint density at radius 2 is 2.22 bits per heavy atom. The minimum absolute atomic E-state index is 0.0227. The molecule has 0 bridgehead atoms. The molecule has 6 nitrogen and oxygen atoms in total. The Morgan fingerprint density at radius 1 is 1.50 bits per heavy atom. The molecule has 1 heterocycles. The third-order valence-electron chi connectivity index (χ3n) is 2.84. The third-order valence-corrected chi connectivity index (χ3v) is 2.84. The van der Waals surface area contributed by atoms with Crippen LogP contribution in [0.15, 0.2) is 18.3 Å². The van der Waals surface area contributed by atoms with Gasteiger partial charge in [-0.1, -0.05) is 0 Å². The molecular weight excluding hydrogens is 236 g/mol. The fraction of sp³-hybridized carbons (Fsp3) is 0.250. The van der Waals surface area contributed by atoms with Gasteiger partial charge in [0.1, 0.15) is 11.6 Å². The number of aryl methyl sites for hydroxylation is 1. The minimum Gasteiger partial charge on any atom is -0.460 e. The number of fused-ring (bicyclic) bond motifs is 1. The van der Waals surface area contributed by atoms with Gasteiger partial charge in [0.2, 0.25) is 0 Å². The number of nitrogens with one attached hydrogen (secondary N) is 1. The molecule has 0 aliphatic heterocycles. The van der Waals surface area contributed by atoms with Gasteiger partial charge in [-0.3, -0.25) is 14.9 Å². The molecule has 1 atom stereocenters. The lowest BCUT2D eigenvalue weighted by Crippen LogP contribution is -1.97. The first-order valence-corrected chi connectivity index (χ1v) is 5.39. The van der Waals surface area contributed by atoms with E-state index in [2.05, 4.69) is 4.98 Å². The van der Waals surface area contributed by atoms with Gasteiger partial charge in [0.25, 0.3) is 12.2 Å². The molecule has 94 valence electrons. The van der Waals surface area contributed by atoms with Gasteiger partial charge in [-0.2, -0.15) is 0 Å². The van der Waals surface area contributed by atoms with Gasteiger partial charge in [0.15, 0.2) is 0 Å². The number of hydrogen-bond acceptors (Lipinski definition) is 4. The summed E-state index contributed by atoms with van der Waals surface area (Å²) in [7, 11) is 0. The summed E-state index contributed by atoms with van der Waals surface area (Å²) in [6.07, 6.45) is 1.18. The van der Waals surface area contributed by atoms with Gasteiger partial charge < -0.3 is 9.72 Å². The summed E-state index contributed by atoms with van der Waals surface area (Å²) in [5.74, 6) is 0. The number of nitro benzene ring substituents is 1. The smallest absolute Gasteiger partial charge is 0.293 e. The van der Waals surface area contributed by atoms with Crippen LogP contribution in [0.3, 0.4) is 0 Å². The van der Waals surface area contributed by atoms with Crippen LogP contribution in [0.4, 0.5) is 5.69 Å². The summed E-state index contributed by atoms with van der Waals surface area (Å²) in [5, 5.41) is 11.7. The zero-order valence-electron chi connectivity index (χ0n) is 9.97. The summed E-state index contributed by atoms with van der Waals surface area (Å²) in [5.41, 5.74) is 1.98. The molecule has 0 saturated carbocycles. The van der Waals surface area contributed by atoms with Crippen molar-refractivity contribution in [1.82, 2.24) is 4.98 Å². The second kappa shape index (κ2) is 4.48. The first-order valence-electron chi connectivity index (χ1n) is 5.39. The predicted octanol–water partition coefficient (Wildman–Crippen LogP) is 2.62. The van der Waals surface area contributed by atoms with Gasteiger partial charge >= 0.3 is 0 Å². The lowest BCUT2D eigenvalue weighted by atomic mass is 10.1. The second-order valence-corrected chi connectivity index (χ2v) is 4.08. The van der Waals surface area contributed by atoms with Crippen molar-refractivity contribution in [3.8, 4) is 0 Å². The van der Waals surface area contributed by atoms with Crippen molar-refractivity contribution in [2.24, 2.45) is 0 Å². The van der Waals surface area contributed by atoms with Crippen molar-refractivity contribution < 1.29 is 14.5 Å². The molecule has 0 fully saturated rings. The fourth-order valence-electron chi connectivity index (χ4n) is 2.01. The van der Waals surface area contributed by atoms with Gasteiger partial charge in [-0.05, 0) is 25.5 Å². The Morgan fingerprint density at radius 3 is 2.83 bits per heavy atom. The van der Waals surface area contributed by atoms with E-state index >= 15 is 0 Å². The monoisotopic (exact) mass is 248 g/mol. The molecule has 18 heavy (non-hydrogen) atoms. The van der Waals surface area contributed by atoms with Crippen molar-refractivity contribution in [2.75, 3.05) is 0 Å². The highest BCUT2D eigenvalue weighted by atomic mass is 16.6. The Kier molecular flexibility index (Phi) is 3.01. The normalized spacial score (nSPS) is 12.3. The lowest BCUT2D eigenvalue weighted by molar-refractivity contribution is -0.383. The third kappa shape index (κ3) is 1.92. The van der Waals surface area contributed by atoms with Crippen molar-refractivity contribution in [3.63, 3.8) is 0 Å². The van der Waals surface area contributed by atoms with Gasteiger partial charge in [-0.15, -0.1) is 0 Å². The highest BCUT2D eigenvalue weighted by Gasteiger charge is 2.19. The van der Waals surface area contributed by atoms with Crippen molar-refractivity contribution in [3.05, 3.63) is 39.6 Å². The van der Waals surface area contributed by atoms with E-state index in [1.54, 1.807) is 20.0 Å². The van der Waals surface area contributed by atoms with E-state index in [0.29, 0.717) is 17.4 Å². The van der Waals surface area contributed by atoms with Crippen LogP contribution in [0.1, 0.15) is 24.2 Å².